The van der Waals surface area contributed by atoms with Gasteiger partial charge in [0.05, 0.1) is 29.0 Å². The molecule has 0 radical (unpaired) electrons. The SMILES string of the molecule is CCCSc1ccc2nc(NC(=O)OC)n(C(OC(=O)C(C)(C)C)OC(=O)C(C)(C)C)c2c1. The van der Waals surface area contributed by atoms with E-state index >= 15 is 0 Å². The molecular weight excluding hydrogens is 446 g/mol. The second kappa shape index (κ2) is 10.5. The van der Waals surface area contributed by atoms with Crippen LogP contribution in [0.3, 0.4) is 0 Å². The van der Waals surface area contributed by atoms with Crippen LogP contribution in [0, 0.1) is 10.8 Å². The zero-order valence-corrected chi connectivity index (χ0v) is 21.3. The summed E-state index contributed by atoms with van der Waals surface area (Å²) in [5.41, 5.74) is -0.677. The van der Waals surface area contributed by atoms with Crippen molar-refractivity contribution in [1.82, 2.24) is 9.55 Å². The standard InChI is InChI=1S/C23H33N3O6S/c1-9-12-33-14-10-11-15-16(13-14)26(19(24-15)25-20(29)30-8)21(31-17(27)22(2,3)4)32-18(28)23(5,6)7/h10-11,13,21H,9,12H2,1-8H3,(H,24,25,29). The Bertz CT molecular complexity index is 992. The van der Waals surface area contributed by atoms with Crippen LogP contribution in [0.1, 0.15) is 61.3 Å². The fourth-order valence-corrected chi connectivity index (χ4v) is 3.29. The predicted octanol–water partition coefficient (Wildman–Crippen LogP) is 5.35. The molecule has 0 saturated carbocycles. The lowest BCUT2D eigenvalue weighted by Gasteiger charge is -2.27. The largest absolute Gasteiger partial charge is 0.453 e. The number of carbonyl (C=O) groups excluding carboxylic acids is 3. The maximum atomic E-state index is 12.8. The van der Waals surface area contributed by atoms with Crippen LogP contribution < -0.4 is 5.32 Å². The van der Waals surface area contributed by atoms with E-state index in [4.69, 9.17) is 14.2 Å². The van der Waals surface area contributed by atoms with Crippen LogP contribution in [-0.2, 0) is 23.8 Å². The van der Waals surface area contributed by atoms with Crippen LogP contribution in [-0.4, -0.2) is 40.4 Å². The molecule has 33 heavy (non-hydrogen) atoms. The molecule has 2 rings (SSSR count). The Morgan fingerprint density at radius 3 is 2.12 bits per heavy atom. The lowest BCUT2D eigenvalue weighted by Crippen LogP contribution is -2.33. The second-order valence-electron chi connectivity index (χ2n) is 9.54. The number of amides is 1. The van der Waals surface area contributed by atoms with Crippen molar-refractivity contribution in [1.29, 1.82) is 0 Å². The van der Waals surface area contributed by atoms with E-state index < -0.39 is 35.3 Å². The van der Waals surface area contributed by atoms with Crippen molar-refractivity contribution in [3.63, 3.8) is 0 Å². The van der Waals surface area contributed by atoms with Crippen molar-refractivity contribution in [2.75, 3.05) is 18.2 Å². The summed E-state index contributed by atoms with van der Waals surface area (Å²) in [6, 6.07) is 5.56. The number of hydrogen-bond acceptors (Lipinski definition) is 8. The fourth-order valence-electron chi connectivity index (χ4n) is 2.49. The maximum Gasteiger partial charge on any atom is 0.413 e. The third kappa shape index (κ3) is 6.86. The molecule has 0 aliphatic carbocycles. The van der Waals surface area contributed by atoms with Gasteiger partial charge in [-0.15, -0.1) is 11.8 Å². The summed E-state index contributed by atoms with van der Waals surface area (Å²) in [4.78, 5) is 42.9. The summed E-state index contributed by atoms with van der Waals surface area (Å²) in [5, 5.41) is 2.52. The molecule has 182 valence electrons. The molecule has 0 aliphatic heterocycles. The van der Waals surface area contributed by atoms with Gasteiger partial charge in [0, 0.05) is 4.90 Å². The van der Waals surface area contributed by atoms with E-state index in [1.165, 1.54) is 11.7 Å². The number of esters is 2. The highest BCUT2D eigenvalue weighted by Crippen LogP contribution is 2.33. The minimum atomic E-state index is -1.49. The zero-order valence-electron chi connectivity index (χ0n) is 20.5. The molecular formula is C23H33N3O6S. The molecule has 9 nitrogen and oxygen atoms in total. The number of carbonyl (C=O) groups is 3. The van der Waals surface area contributed by atoms with Gasteiger partial charge in [0.1, 0.15) is 0 Å². The first-order chi connectivity index (χ1) is 15.3. The molecule has 0 aliphatic rings. The first-order valence-corrected chi connectivity index (χ1v) is 11.7. The second-order valence-corrected chi connectivity index (χ2v) is 10.7. The van der Waals surface area contributed by atoms with Crippen LogP contribution in [0.4, 0.5) is 10.7 Å². The Hall–Kier alpha value is -2.75. The molecule has 1 heterocycles. The molecule has 0 bridgehead atoms. The van der Waals surface area contributed by atoms with Crippen LogP contribution in [0.2, 0.25) is 0 Å². The van der Waals surface area contributed by atoms with Gasteiger partial charge in [-0.25, -0.2) is 14.3 Å². The lowest BCUT2D eigenvalue weighted by atomic mass is 9.97. The number of methoxy groups -OCH3 is 1. The van der Waals surface area contributed by atoms with Gasteiger partial charge in [0.25, 0.3) is 0 Å². The van der Waals surface area contributed by atoms with E-state index in [1.807, 2.05) is 12.1 Å². The molecule has 1 N–H and O–H groups in total. The number of nitrogens with one attached hydrogen (secondary N) is 1. The third-order valence-corrected chi connectivity index (χ3v) is 5.58. The van der Waals surface area contributed by atoms with Crippen molar-refractivity contribution in [2.45, 2.75) is 66.2 Å². The minimum absolute atomic E-state index is 0.0166. The van der Waals surface area contributed by atoms with Gasteiger partial charge in [0.2, 0.25) is 5.95 Å². The number of thioether (sulfide) groups is 1. The highest BCUT2D eigenvalue weighted by Gasteiger charge is 2.35. The monoisotopic (exact) mass is 479 g/mol. The molecule has 1 aromatic heterocycles. The molecule has 1 aromatic carbocycles. The van der Waals surface area contributed by atoms with Gasteiger partial charge >= 0.3 is 24.4 Å². The van der Waals surface area contributed by atoms with Crippen LogP contribution in [0.5, 0.6) is 0 Å². The quantitative estimate of drug-likeness (QED) is 0.321. The molecule has 1 amide bonds. The third-order valence-electron chi connectivity index (χ3n) is 4.38. The number of ether oxygens (including phenoxy) is 3. The Kier molecular flexibility index (Phi) is 8.40. The number of fused-ring (bicyclic) bond motifs is 1. The highest BCUT2D eigenvalue weighted by molar-refractivity contribution is 7.99. The first kappa shape index (κ1) is 26.5. The first-order valence-electron chi connectivity index (χ1n) is 10.7. The number of aromatic nitrogens is 2. The average Bonchev–Trinajstić information content (AvgIpc) is 3.06. The van der Waals surface area contributed by atoms with Crippen molar-refractivity contribution < 1.29 is 28.6 Å². The van der Waals surface area contributed by atoms with E-state index in [0.717, 1.165) is 17.1 Å². The average molecular weight is 480 g/mol. The number of rotatable bonds is 7. The molecule has 0 unspecified atom stereocenters. The molecule has 0 fully saturated rings. The molecule has 2 aromatic rings. The number of nitrogens with zero attached hydrogens (tertiary/aromatic N) is 2. The Morgan fingerprint density at radius 2 is 1.64 bits per heavy atom. The summed E-state index contributed by atoms with van der Waals surface area (Å²) >= 11 is 1.65. The summed E-state index contributed by atoms with van der Waals surface area (Å²) in [6.45, 7) is 12.2. The number of imidazole rings is 1. The Labute approximate surface area is 198 Å². The number of hydrogen-bond donors (Lipinski definition) is 1. The lowest BCUT2D eigenvalue weighted by molar-refractivity contribution is -0.215. The molecule has 10 heteroatoms. The smallest absolute Gasteiger partial charge is 0.413 e. The van der Waals surface area contributed by atoms with Gasteiger partial charge in [-0.2, -0.15) is 0 Å². The van der Waals surface area contributed by atoms with Crippen molar-refractivity contribution >= 4 is 46.8 Å². The molecule has 0 spiro atoms. The van der Waals surface area contributed by atoms with Gasteiger partial charge in [-0.3, -0.25) is 14.9 Å². The van der Waals surface area contributed by atoms with Crippen molar-refractivity contribution in [3.05, 3.63) is 18.2 Å². The highest BCUT2D eigenvalue weighted by atomic mass is 32.2. The van der Waals surface area contributed by atoms with E-state index in [-0.39, 0.29) is 5.95 Å². The van der Waals surface area contributed by atoms with E-state index in [2.05, 4.69) is 17.2 Å². The summed E-state index contributed by atoms with van der Waals surface area (Å²) in [6.07, 6.45) is -1.27. The van der Waals surface area contributed by atoms with Crippen LogP contribution in [0.15, 0.2) is 23.1 Å². The molecule has 0 saturated heterocycles. The number of benzene rings is 1. The summed E-state index contributed by atoms with van der Waals surface area (Å²) < 4.78 is 17.4. The van der Waals surface area contributed by atoms with E-state index in [9.17, 15) is 14.4 Å². The number of anilines is 1. The van der Waals surface area contributed by atoms with Crippen molar-refractivity contribution in [3.8, 4) is 0 Å². The summed E-state index contributed by atoms with van der Waals surface area (Å²) in [7, 11) is 1.22. The van der Waals surface area contributed by atoms with Gasteiger partial charge in [0.15, 0.2) is 0 Å². The van der Waals surface area contributed by atoms with Crippen LogP contribution in [0.25, 0.3) is 11.0 Å². The Morgan fingerprint density at radius 1 is 1.06 bits per heavy atom. The van der Waals surface area contributed by atoms with Crippen molar-refractivity contribution in [2.24, 2.45) is 10.8 Å². The molecule has 0 atom stereocenters. The van der Waals surface area contributed by atoms with Gasteiger partial charge in [-0.1, -0.05) is 6.92 Å². The van der Waals surface area contributed by atoms with Crippen LogP contribution >= 0.6 is 11.8 Å². The topological polar surface area (TPSA) is 109 Å². The van der Waals surface area contributed by atoms with E-state index in [0.29, 0.717) is 11.0 Å². The zero-order chi connectivity index (χ0) is 25.0. The fraction of sp³-hybridized carbons (Fsp3) is 0.565. The minimum Gasteiger partial charge on any atom is -0.453 e. The Balaban J connectivity index is 2.68. The maximum absolute atomic E-state index is 12.8. The summed E-state index contributed by atoms with van der Waals surface area (Å²) in [5.74, 6) is -0.245. The predicted molar refractivity (Wildman–Crippen MR) is 127 cm³/mol. The van der Waals surface area contributed by atoms with E-state index in [1.54, 1.807) is 59.4 Å². The van der Waals surface area contributed by atoms with Gasteiger partial charge in [-0.05, 0) is 71.9 Å². The normalized spacial score (nSPS) is 12.0. The van der Waals surface area contributed by atoms with Gasteiger partial charge < -0.3 is 14.2 Å².